The molecule has 0 spiro atoms. The van der Waals surface area contributed by atoms with E-state index >= 15 is 0 Å². The summed E-state index contributed by atoms with van der Waals surface area (Å²) in [6.07, 6.45) is 1.06. The van der Waals surface area contributed by atoms with Crippen LogP contribution in [0.2, 0.25) is 0 Å². The van der Waals surface area contributed by atoms with E-state index in [1.807, 2.05) is 0 Å². The Morgan fingerprint density at radius 1 is 0.857 bits per heavy atom. The predicted molar refractivity (Wildman–Crippen MR) is 151 cm³/mol. The van der Waals surface area contributed by atoms with Crippen molar-refractivity contribution in [2.75, 3.05) is 40.0 Å². The molecule has 0 aliphatic rings. The van der Waals surface area contributed by atoms with Gasteiger partial charge in [0.15, 0.2) is 5.78 Å². The molecule has 1 aromatic carbocycles. The fourth-order valence-corrected chi connectivity index (χ4v) is 2.72. The highest BCUT2D eigenvalue weighted by molar-refractivity contribution is 6.01. The van der Waals surface area contributed by atoms with Crippen molar-refractivity contribution in [3.05, 3.63) is 42.0 Å². The molecule has 0 aliphatic heterocycles. The van der Waals surface area contributed by atoms with Crippen LogP contribution in [0.25, 0.3) is 0 Å². The van der Waals surface area contributed by atoms with E-state index in [4.69, 9.17) is 14.2 Å². The predicted octanol–water partition coefficient (Wildman–Crippen LogP) is 1.65. The van der Waals surface area contributed by atoms with Crippen molar-refractivity contribution in [3.8, 4) is 5.75 Å². The SMILES string of the molecule is C=C(C)C(=O)OCCCC.COC(=O)CC(=O)NCCNC(=O)CC(=O)OCCOc1ccc(C(=O)C(C)(C)O)cc1. The second-order valence-electron chi connectivity index (χ2n) is 9.38. The number of ether oxygens (including phenoxy) is 4. The molecule has 2 amide bonds. The number of hydrogen-bond donors (Lipinski definition) is 3. The number of hydrogen-bond acceptors (Lipinski definition) is 11. The molecular formula is C29H42N2O11. The molecule has 0 radical (unpaired) electrons. The molecule has 1 rings (SSSR count). The van der Waals surface area contributed by atoms with Gasteiger partial charge in [-0.05, 0) is 51.5 Å². The van der Waals surface area contributed by atoms with Crippen LogP contribution in [0.5, 0.6) is 5.75 Å². The lowest BCUT2D eigenvalue weighted by Gasteiger charge is -2.15. The minimum absolute atomic E-state index is 0.0401. The van der Waals surface area contributed by atoms with Gasteiger partial charge < -0.3 is 34.7 Å². The number of unbranched alkanes of at least 4 members (excludes halogenated alkanes) is 1. The highest BCUT2D eigenvalue weighted by Crippen LogP contribution is 2.17. The first kappa shape index (κ1) is 37.7. The van der Waals surface area contributed by atoms with Gasteiger partial charge in [0.1, 0.15) is 37.4 Å². The molecule has 0 bridgehead atoms. The van der Waals surface area contributed by atoms with E-state index in [0.717, 1.165) is 12.8 Å². The number of Topliss-reactive ketones (excluding diaryl/α,β-unsaturated/α-hetero) is 1. The van der Waals surface area contributed by atoms with Gasteiger partial charge in [-0.3, -0.25) is 24.0 Å². The van der Waals surface area contributed by atoms with Gasteiger partial charge in [-0.15, -0.1) is 0 Å². The maximum absolute atomic E-state index is 11.9. The van der Waals surface area contributed by atoms with Crippen LogP contribution in [0.1, 0.15) is 63.7 Å². The zero-order valence-electron chi connectivity index (χ0n) is 24.9. The number of methoxy groups -OCH3 is 1. The van der Waals surface area contributed by atoms with Gasteiger partial charge >= 0.3 is 17.9 Å². The molecule has 13 heteroatoms. The molecule has 0 unspecified atom stereocenters. The molecule has 3 N–H and O–H groups in total. The summed E-state index contributed by atoms with van der Waals surface area (Å²) in [7, 11) is 1.17. The lowest BCUT2D eigenvalue weighted by Crippen LogP contribution is -2.36. The number of aliphatic hydroxyl groups is 1. The highest BCUT2D eigenvalue weighted by Gasteiger charge is 2.25. The van der Waals surface area contributed by atoms with E-state index in [1.165, 1.54) is 33.1 Å². The Morgan fingerprint density at radius 2 is 1.40 bits per heavy atom. The Bertz CT molecular complexity index is 1060. The molecule has 0 aliphatic carbocycles. The standard InChI is InChI=1S/C21H28N2O9.C8H14O2/c1-21(2,29)20(28)14-4-6-15(7-5-14)31-10-11-32-19(27)13-17(25)23-9-8-22-16(24)12-18(26)30-3;1-4-5-6-10-8(9)7(2)3/h4-7,29H,8-13H2,1-3H3,(H,22,24)(H,23,25);2,4-6H2,1,3H3. The van der Waals surface area contributed by atoms with Crippen molar-refractivity contribution in [3.63, 3.8) is 0 Å². The largest absolute Gasteiger partial charge is 0.490 e. The zero-order chi connectivity index (χ0) is 32.1. The van der Waals surface area contributed by atoms with Crippen molar-refractivity contribution in [2.24, 2.45) is 0 Å². The van der Waals surface area contributed by atoms with Crippen LogP contribution in [0.3, 0.4) is 0 Å². The third-order valence-electron chi connectivity index (χ3n) is 4.97. The van der Waals surface area contributed by atoms with Crippen LogP contribution in [-0.4, -0.2) is 86.2 Å². The lowest BCUT2D eigenvalue weighted by molar-refractivity contribution is -0.147. The molecule has 0 atom stereocenters. The number of esters is 3. The van der Waals surface area contributed by atoms with E-state index in [9.17, 15) is 33.9 Å². The average molecular weight is 595 g/mol. The lowest BCUT2D eigenvalue weighted by atomic mass is 9.97. The first-order chi connectivity index (χ1) is 19.7. The third kappa shape index (κ3) is 18.2. The Morgan fingerprint density at radius 3 is 1.88 bits per heavy atom. The van der Waals surface area contributed by atoms with Crippen LogP contribution in [0.15, 0.2) is 36.4 Å². The Labute approximate surface area is 245 Å². The minimum atomic E-state index is -1.47. The van der Waals surface area contributed by atoms with E-state index in [1.54, 1.807) is 19.1 Å². The summed E-state index contributed by atoms with van der Waals surface area (Å²) in [5.41, 5.74) is -0.664. The van der Waals surface area contributed by atoms with Crippen molar-refractivity contribution in [1.82, 2.24) is 10.6 Å². The summed E-state index contributed by atoms with van der Waals surface area (Å²) in [6.45, 7) is 10.6. The van der Waals surface area contributed by atoms with Gasteiger partial charge in [-0.1, -0.05) is 19.9 Å². The van der Waals surface area contributed by atoms with Gasteiger partial charge in [0.25, 0.3) is 0 Å². The Hall–Kier alpha value is -4.26. The van der Waals surface area contributed by atoms with Crippen molar-refractivity contribution in [1.29, 1.82) is 0 Å². The molecule has 13 nitrogen and oxygen atoms in total. The highest BCUT2D eigenvalue weighted by atomic mass is 16.6. The number of ketones is 1. The molecule has 42 heavy (non-hydrogen) atoms. The van der Waals surface area contributed by atoms with Crippen LogP contribution in [0, 0.1) is 0 Å². The normalized spacial score (nSPS) is 10.2. The van der Waals surface area contributed by atoms with E-state index in [-0.39, 0.29) is 32.3 Å². The number of amides is 2. The topological polar surface area (TPSA) is 184 Å². The summed E-state index contributed by atoms with van der Waals surface area (Å²) in [4.78, 5) is 68.2. The summed E-state index contributed by atoms with van der Waals surface area (Å²) in [5.74, 6) is -2.79. The van der Waals surface area contributed by atoms with Crippen molar-refractivity contribution >= 4 is 35.5 Å². The first-order valence-corrected chi connectivity index (χ1v) is 13.3. The number of carbonyl (C=O) groups excluding carboxylic acids is 6. The van der Waals surface area contributed by atoms with Gasteiger partial charge in [0, 0.05) is 24.2 Å². The zero-order valence-corrected chi connectivity index (χ0v) is 24.9. The quantitative estimate of drug-likeness (QED) is 0.0595. The fourth-order valence-electron chi connectivity index (χ4n) is 2.72. The Kier molecular flexibility index (Phi) is 18.5. The van der Waals surface area contributed by atoms with E-state index in [2.05, 4.69) is 28.9 Å². The molecule has 0 saturated heterocycles. The number of benzene rings is 1. The average Bonchev–Trinajstić information content (AvgIpc) is 2.93. The monoisotopic (exact) mass is 594 g/mol. The molecule has 0 saturated carbocycles. The van der Waals surface area contributed by atoms with Gasteiger partial charge in [-0.2, -0.15) is 0 Å². The summed E-state index contributed by atoms with van der Waals surface area (Å²) in [5, 5.41) is 14.6. The van der Waals surface area contributed by atoms with Crippen LogP contribution < -0.4 is 15.4 Å². The fraction of sp³-hybridized carbons (Fsp3) is 0.517. The first-order valence-electron chi connectivity index (χ1n) is 13.3. The number of nitrogens with one attached hydrogen (secondary N) is 2. The number of rotatable bonds is 17. The van der Waals surface area contributed by atoms with E-state index in [0.29, 0.717) is 23.5 Å². The summed E-state index contributed by atoms with van der Waals surface area (Å²) < 4.78 is 19.5. The third-order valence-corrected chi connectivity index (χ3v) is 4.97. The summed E-state index contributed by atoms with van der Waals surface area (Å²) >= 11 is 0. The van der Waals surface area contributed by atoms with Gasteiger partial charge in [0.05, 0.1) is 13.7 Å². The molecule has 0 aromatic heterocycles. The summed E-state index contributed by atoms with van der Waals surface area (Å²) in [6, 6.07) is 6.14. The maximum atomic E-state index is 11.9. The van der Waals surface area contributed by atoms with Gasteiger partial charge in [-0.25, -0.2) is 4.79 Å². The Balaban J connectivity index is 0.00000143. The molecule has 0 fully saturated rings. The second-order valence-corrected chi connectivity index (χ2v) is 9.38. The second kappa shape index (κ2) is 20.6. The van der Waals surface area contributed by atoms with Crippen LogP contribution in [-0.2, 0) is 38.2 Å². The van der Waals surface area contributed by atoms with Crippen molar-refractivity contribution < 1.29 is 52.8 Å². The molecule has 0 heterocycles. The van der Waals surface area contributed by atoms with Gasteiger partial charge in [0.2, 0.25) is 11.8 Å². The molecule has 1 aromatic rings. The molecular weight excluding hydrogens is 552 g/mol. The molecule has 234 valence electrons. The number of carbonyl (C=O) groups is 6. The minimum Gasteiger partial charge on any atom is -0.490 e. The van der Waals surface area contributed by atoms with Crippen LogP contribution in [0.4, 0.5) is 0 Å². The van der Waals surface area contributed by atoms with E-state index < -0.39 is 48.0 Å². The smallest absolute Gasteiger partial charge is 0.333 e. The maximum Gasteiger partial charge on any atom is 0.333 e. The van der Waals surface area contributed by atoms with Crippen molar-refractivity contribution in [2.45, 2.75) is 59.0 Å². The van der Waals surface area contributed by atoms with Crippen LogP contribution >= 0.6 is 0 Å².